The van der Waals surface area contributed by atoms with Gasteiger partial charge in [0.25, 0.3) is 5.91 Å². The molecule has 1 saturated heterocycles. The molecule has 1 N–H and O–H groups in total. The molecule has 0 bridgehead atoms. The third kappa shape index (κ3) is 4.82. The van der Waals surface area contributed by atoms with E-state index in [1.54, 1.807) is 24.3 Å². The highest BCUT2D eigenvalue weighted by Gasteiger charge is 2.42. The van der Waals surface area contributed by atoms with Crippen molar-refractivity contribution in [3.8, 4) is 5.75 Å². The average molecular weight is 434 g/mol. The Balaban J connectivity index is 1.45. The summed E-state index contributed by atoms with van der Waals surface area (Å²) in [5, 5.41) is 2.79. The molecule has 2 heterocycles. The van der Waals surface area contributed by atoms with Crippen molar-refractivity contribution in [1.82, 2.24) is 10.2 Å². The predicted octanol–water partition coefficient (Wildman–Crippen LogP) is 3.58. The third-order valence-electron chi connectivity index (χ3n) is 5.35. The van der Waals surface area contributed by atoms with Gasteiger partial charge in [0.2, 0.25) is 5.91 Å². The maximum atomic E-state index is 13.0. The lowest BCUT2D eigenvalue weighted by molar-refractivity contribution is -0.274. The second-order valence-electron chi connectivity index (χ2n) is 7.49. The van der Waals surface area contributed by atoms with Crippen LogP contribution in [0.4, 0.5) is 13.2 Å². The Kier molecular flexibility index (Phi) is 5.86. The van der Waals surface area contributed by atoms with Gasteiger partial charge >= 0.3 is 6.36 Å². The van der Waals surface area contributed by atoms with Gasteiger partial charge in [-0.1, -0.05) is 30.3 Å². The Bertz CT molecular complexity index is 956. The standard InChI is InChI=1S/C22H21F3N2O4/c23-22(24,25)31-15-9-7-14(8-10-15)12-26-20(28)19-17-5-1-2-6-18(17)21(29)27(19)13-16-4-3-11-30-16/h1-2,5-10,16,19H,3-4,11-13H2,(H,26,28). The van der Waals surface area contributed by atoms with Crippen LogP contribution in [0.25, 0.3) is 0 Å². The van der Waals surface area contributed by atoms with Gasteiger partial charge in [-0.2, -0.15) is 0 Å². The Morgan fingerprint density at radius 3 is 2.58 bits per heavy atom. The Morgan fingerprint density at radius 1 is 1.16 bits per heavy atom. The minimum absolute atomic E-state index is 0.102. The zero-order valence-electron chi connectivity index (χ0n) is 16.5. The molecule has 4 rings (SSSR count). The number of carbonyl (C=O) groups is 2. The van der Waals surface area contributed by atoms with Crippen LogP contribution in [0.1, 0.15) is 40.4 Å². The van der Waals surface area contributed by atoms with Gasteiger partial charge in [-0.15, -0.1) is 13.2 Å². The predicted molar refractivity (Wildman–Crippen MR) is 104 cm³/mol. The third-order valence-corrected chi connectivity index (χ3v) is 5.35. The van der Waals surface area contributed by atoms with Crippen LogP contribution in [-0.2, 0) is 16.1 Å². The van der Waals surface area contributed by atoms with Gasteiger partial charge in [-0.25, -0.2) is 0 Å². The van der Waals surface area contributed by atoms with E-state index in [-0.39, 0.29) is 30.2 Å². The summed E-state index contributed by atoms with van der Waals surface area (Å²) in [4.78, 5) is 27.5. The van der Waals surface area contributed by atoms with Crippen molar-refractivity contribution >= 4 is 11.8 Å². The van der Waals surface area contributed by atoms with E-state index in [1.807, 2.05) is 0 Å². The first-order valence-corrected chi connectivity index (χ1v) is 9.96. The fraction of sp³-hybridized carbons (Fsp3) is 0.364. The fourth-order valence-corrected chi connectivity index (χ4v) is 3.94. The molecular formula is C22H21F3N2O4. The van der Waals surface area contributed by atoms with Crippen molar-refractivity contribution in [1.29, 1.82) is 0 Å². The van der Waals surface area contributed by atoms with Gasteiger partial charge in [-0.05, 0) is 42.2 Å². The molecule has 2 aliphatic rings. The summed E-state index contributed by atoms with van der Waals surface area (Å²) in [7, 11) is 0. The maximum absolute atomic E-state index is 13.0. The molecule has 2 aromatic carbocycles. The van der Waals surface area contributed by atoms with E-state index < -0.39 is 12.4 Å². The van der Waals surface area contributed by atoms with E-state index in [9.17, 15) is 22.8 Å². The molecule has 6 nitrogen and oxygen atoms in total. The highest BCUT2D eigenvalue weighted by atomic mass is 19.4. The lowest BCUT2D eigenvalue weighted by Crippen LogP contribution is -2.42. The number of carbonyl (C=O) groups excluding carboxylic acids is 2. The van der Waals surface area contributed by atoms with Crippen LogP contribution in [0, 0.1) is 0 Å². The number of alkyl halides is 3. The Hall–Kier alpha value is -3.07. The second-order valence-corrected chi connectivity index (χ2v) is 7.49. The van der Waals surface area contributed by atoms with E-state index in [0.29, 0.717) is 29.8 Å². The van der Waals surface area contributed by atoms with Crippen molar-refractivity contribution in [3.63, 3.8) is 0 Å². The molecule has 2 unspecified atom stereocenters. The van der Waals surface area contributed by atoms with Crippen LogP contribution in [-0.4, -0.2) is 42.3 Å². The summed E-state index contributed by atoms with van der Waals surface area (Å²) in [5.74, 6) is -0.896. The van der Waals surface area contributed by atoms with Gasteiger partial charge < -0.3 is 19.7 Å². The normalized spacial score (nSPS) is 20.6. The molecule has 164 valence electrons. The lowest BCUT2D eigenvalue weighted by atomic mass is 10.0. The monoisotopic (exact) mass is 434 g/mol. The molecule has 2 amide bonds. The summed E-state index contributed by atoms with van der Waals surface area (Å²) in [6.45, 7) is 1.07. The number of nitrogens with one attached hydrogen (secondary N) is 1. The molecule has 2 atom stereocenters. The highest BCUT2D eigenvalue weighted by molar-refractivity contribution is 6.04. The largest absolute Gasteiger partial charge is 0.573 e. The summed E-state index contributed by atoms with van der Waals surface area (Å²) >= 11 is 0. The number of amides is 2. The zero-order chi connectivity index (χ0) is 22.0. The lowest BCUT2D eigenvalue weighted by Gasteiger charge is -2.27. The molecule has 31 heavy (non-hydrogen) atoms. The van der Waals surface area contributed by atoms with Gasteiger partial charge in [0.1, 0.15) is 11.8 Å². The van der Waals surface area contributed by atoms with Crippen LogP contribution >= 0.6 is 0 Å². The first kappa shape index (κ1) is 21.2. The molecule has 0 saturated carbocycles. The summed E-state index contributed by atoms with van der Waals surface area (Å²) < 4.78 is 46.3. The van der Waals surface area contributed by atoms with Crippen molar-refractivity contribution in [3.05, 3.63) is 65.2 Å². The number of benzene rings is 2. The van der Waals surface area contributed by atoms with E-state index >= 15 is 0 Å². The van der Waals surface area contributed by atoms with Crippen molar-refractivity contribution in [2.75, 3.05) is 13.2 Å². The van der Waals surface area contributed by atoms with Gasteiger partial charge in [-0.3, -0.25) is 9.59 Å². The second kappa shape index (κ2) is 8.58. The van der Waals surface area contributed by atoms with Crippen LogP contribution in [0.5, 0.6) is 5.75 Å². The summed E-state index contributed by atoms with van der Waals surface area (Å²) in [6.07, 6.45) is -3.11. The van der Waals surface area contributed by atoms with Gasteiger partial charge in [0.15, 0.2) is 0 Å². The van der Waals surface area contributed by atoms with Crippen LogP contribution in [0.15, 0.2) is 48.5 Å². The molecule has 0 aliphatic carbocycles. The topological polar surface area (TPSA) is 67.9 Å². The first-order chi connectivity index (χ1) is 14.8. The molecule has 0 radical (unpaired) electrons. The number of fused-ring (bicyclic) bond motifs is 1. The number of ether oxygens (including phenoxy) is 2. The van der Waals surface area contributed by atoms with Crippen LogP contribution in [0.2, 0.25) is 0 Å². The zero-order valence-corrected chi connectivity index (χ0v) is 16.5. The SMILES string of the molecule is O=C(NCc1ccc(OC(F)(F)F)cc1)C1c2ccccc2C(=O)N1CC1CCCO1. The van der Waals surface area contributed by atoms with E-state index in [0.717, 1.165) is 12.8 Å². The summed E-state index contributed by atoms with van der Waals surface area (Å²) in [6, 6.07) is 11.5. The van der Waals surface area contributed by atoms with Gasteiger partial charge in [0.05, 0.1) is 6.10 Å². The molecular weight excluding hydrogens is 413 g/mol. The molecule has 2 aromatic rings. The number of nitrogens with zero attached hydrogens (tertiary/aromatic N) is 1. The molecule has 9 heteroatoms. The Labute approximate surface area is 176 Å². The number of hydrogen-bond donors (Lipinski definition) is 1. The van der Waals surface area contributed by atoms with Crippen LogP contribution in [0.3, 0.4) is 0 Å². The minimum Gasteiger partial charge on any atom is -0.406 e. The maximum Gasteiger partial charge on any atom is 0.573 e. The quantitative estimate of drug-likeness (QED) is 0.755. The minimum atomic E-state index is -4.76. The van der Waals surface area contributed by atoms with Crippen molar-refractivity contribution < 1.29 is 32.2 Å². The fourth-order valence-electron chi connectivity index (χ4n) is 3.94. The average Bonchev–Trinajstić information content (AvgIpc) is 3.34. The van der Waals surface area contributed by atoms with E-state index in [2.05, 4.69) is 10.1 Å². The molecule has 0 spiro atoms. The van der Waals surface area contributed by atoms with Gasteiger partial charge in [0, 0.05) is 25.3 Å². The molecule has 1 fully saturated rings. The smallest absolute Gasteiger partial charge is 0.406 e. The van der Waals surface area contributed by atoms with Crippen LogP contribution < -0.4 is 10.1 Å². The van der Waals surface area contributed by atoms with Crippen molar-refractivity contribution in [2.24, 2.45) is 0 Å². The van der Waals surface area contributed by atoms with Crippen molar-refractivity contribution in [2.45, 2.75) is 37.9 Å². The van der Waals surface area contributed by atoms with E-state index in [1.165, 1.54) is 29.2 Å². The summed E-state index contributed by atoms with van der Waals surface area (Å²) in [5.41, 5.74) is 1.73. The first-order valence-electron chi connectivity index (χ1n) is 9.96. The highest BCUT2D eigenvalue weighted by Crippen LogP contribution is 2.35. The molecule has 0 aromatic heterocycles. The number of rotatable bonds is 6. The Morgan fingerprint density at radius 2 is 1.90 bits per heavy atom. The number of hydrogen-bond acceptors (Lipinski definition) is 4. The molecule has 2 aliphatic heterocycles. The number of halogens is 3. The van der Waals surface area contributed by atoms with E-state index in [4.69, 9.17) is 4.74 Å².